The Balaban J connectivity index is 2.05. The smallest absolute Gasteiger partial charge is 0.0627 e. The molecule has 0 aliphatic heterocycles. The summed E-state index contributed by atoms with van der Waals surface area (Å²) in [4.78, 5) is 0. The number of rotatable bonds is 6. The monoisotopic (exact) mass is 291 g/mol. The second kappa shape index (κ2) is 6.95. The summed E-state index contributed by atoms with van der Waals surface area (Å²) in [5.41, 5.74) is 7.73. The maximum Gasteiger partial charge on any atom is 0.0627 e. The van der Waals surface area contributed by atoms with Gasteiger partial charge in [0.25, 0.3) is 0 Å². The molecule has 2 rings (SSSR count). The zero-order valence-corrected chi connectivity index (χ0v) is 14.3. The molecule has 2 atom stereocenters. The molecule has 1 heterocycles. The average Bonchev–Trinajstić information content (AvgIpc) is 2.88. The van der Waals surface area contributed by atoms with Crippen LogP contribution in [0.2, 0.25) is 0 Å². The van der Waals surface area contributed by atoms with Gasteiger partial charge in [0.2, 0.25) is 0 Å². The van der Waals surface area contributed by atoms with Crippen molar-refractivity contribution in [1.82, 2.24) is 9.78 Å². The minimum atomic E-state index is 0.467. The molecule has 0 aromatic carbocycles. The summed E-state index contributed by atoms with van der Waals surface area (Å²) in [6.07, 6.45) is 9.44. The van der Waals surface area contributed by atoms with Gasteiger partial charge in [-0.1, -0.05) is 27.7 Å². The molecule has 1 aliphatic carbocycles. The van der Waals surface area contributed by atoms with Crippen molar-refractivity contribution in [3.8, 4) is 0 Å². The number of aromatic nitrogens is 2. The van der Waals surface area contributed by atoms with Gasteiger partial charge in [0, 0.05) is 6.20 Å². The molecule has 1 saturated carbocycles. The Hall–Kier alpha value is -0.830. The number of hydrogen-bond donors (Lipinski definition) is 1. The summed E-state index contributed by atoms with van der Waals surface area (Å²) in [6.45, 7) is 10.1. The lowest BCUT2D eigenvalue weighted by Gasteiger charge is -2.40. The van der Waals surface area contributed by atoms with Crippen LogP contribution in [-0.4, -0.2) is 16.3 Å². The number of hydrogen-bond acceptors (Lipinski definition) is 2. The summed E-state index contributed by atoms with van der Waals surface area (Å²) in [5, 5.41) is 4.84. The highest BCUT2D eigenvalue weighted by Gasteiger charge is 2.34. The summed E-state index contributed by atoms with van der Waals surface area (Å²) in [5.74, 6) is 1.38. The highest BCUT2D eigenvalue weighted by molar-refractivity contribution is 5.03. The Morgan fingerprint density at radius 3 is 2.67 bits per heavy atom. The van der Waals surface area contributed by atoms with Crippen LogP contribution in [0.25, 0.3) is 0 Å². The van der Waals surface area contributed by atoms with Gasteiger partial charge in [0.15, 0.2) is 0 Å². The SMILES string of the molecule is CCC(CC)n1ccc(CC2CC(C)(C)CCC2CN)n1. The first-order valence-corrected chi connectivity index (χ1v) is 8.73. The fraction of sp³-hybridized carbons (Fsp3) is 0.833. The molecule has 0 radical (unpaired) electrons. The second-order valence-corrected chi connectivity index (χ2v) is 7.62. The molecule has 3 heteroatoms. The lowest BCUT2D eigenvalue weighted by molar-refractivity contribution is 0.120. The van der Waals surface area contributed by atoms with Crippen molar-refractivity contribution >= 4 is 0 Å². The standard InChI is InChI=1S/C18H33N3/c1-5-17(6-2)21-10-8-16(20-21)11-15-12-18(3,4)9-7-14(15)13-19/h8,10,14-15,17H,5-7,9,11-13,19H2,1-4H3. The molecule has 3 nitrogen and oxygen atoms in total. The molecule has 2 N–H and O–H groups in total. The van der Waals surface area contributed by atoms with Crippen molar-refractivity contribution in [3.63, 3.8) is 0 Å². The van der Waals surface area contributed by atoms with Crippen LogP contribution >= 0.6 is 0 Å². The topological polar surface area (TPSA) is 43.8 Å². The van der Waals surface area contributed by atoms with Crippen LogP contribution in [0.5, 0.6) is 0 Å². The van der Waals surface area contributed by atoms with E-state index in [4.69, 9.17) is 10.8 Å². The highest BCUT2D eigenvalue weighted by Crippen LogP contribution is 2.42. The predicted molar refractivity (Wildman–Crippen MR) is 89.2 cm³/mol. The van der Waals surface area contributed by atoms with Crippen LogP contribution in [-0.2, 0) is 6.42 Å². The summed E-state index contributed by atoms with van der Waals surface area (Å²) in [7, 11) is 0. The van der Waals surface area contributed by atoms with Crippen LogP contribution in [0.3, 0.4) is 0 Å². The number of nitrogens with zero attached hydrogens (tertiary/aromatic N) is 2. The first kappa shape index (κ1) is 16.5. The molecule has 1 aromatic heterocycles. The quantitative estimate of drug-likeness (QED) is 0.854. The lowest BCUT2D eigenvalue weighted by atomic mass is 9.66. The van der Waals surface area contributed by atoms with Gasteiger partial charge in [-0.3, -0.25) is 4.68 Å². The Kier molecular flexibility index (Phi) is 5.48. The van der Waals surface area contributed by atoms with E-state index < -0.39 is 0 Å². The Morgan fingerprint density at radius 2 is 2.05 bits per heavy atom. The van der Waals surface area contributed by atoms with E-state index >= 15 is 0 Å². The van der Waals surface area contributed by atoms with E-state index in [0.717, 1.165) is 25.8 Å². The van der Waals surface area contributed by atoms with Gasteiger partial charge in [-0.2, -0.15) is 5.10 Å². The van der Waals surface area contributed by atoms with Crippen molar-refractivity contribution < 1.29 is 0 Å². The fourth-order valence-electron chi connectivity index (χ4n) is 3.96. The molecule has 0 amide bonds. The third-order valence-electron chi connectivity index (χ3n) is 5.43. The van der Waals surface area contributed by atoms with E-state index in [9.17, 15) is 0 Å². The maximum atomic E-state index is 6.01. The van der Waals surface area contributed by atoms with E-state index in [1.165, 1.54) is 25.0 Å². The maximum absolute atomic E-state index is 6.01. The Labute approximate surface area is 130 Å². The first-order chi connectivity index (χ1) is 9.99. The third-order valence-corrected chi connectivity index (χ3v) is 5.43. The lowest BCUT2D eigenvalue weighted by Crippen LogP contribution is -2.35. The van der Waals surface area contributed by atoms with Crippen LogP contribution in [0.15, 0.2) is 12.3 Å². The van der Waals surface area contributed by atoms with Gasteiger partial charge >= 0.3 is 0 Å². The molecular formula is C18H33N3. The summed E-state index contributed by atoms with van der Waals surface area (Å²) in [6, 6.07) is 2.76. The largest absolute Gasteiger partial charge is 0.330 e. The van der Waals surface area contributed by atoms with Gasteiger partial charge in [0.1, 0.15) is 0 Å². The Morgan fingerprint density at radius 1 is 1.33 bits per heavy atom. The molecule has 0 saturated heterocycles. The number of nitrogens with two attached hydrogens (primary N) is 1. The molecule has 1 aliphatic rings. The molecular weight excluding hydrogens is 258 g/mol. The van der Waals surface area contributed by atoms with E-state index in [-0.39, 0.29) is 0 Å². The van der Waals surface area contributed by atoms with Gasteiger partial charge in [0.05, 0.1) is 11.7 Å². The van der Waals surface area contributed by atoms with Crippen molar-refractivity contribution in [2.45, 2.75) is 72.3 Å². The average molecular weight is 291 g/mol. The second-order valence-electron chi connectivity index (χ2n) is 7.62. The third kappa shape index (κ3) is 4.09. The van der Waals surface area contributed by atoms with Crippen molar-refractivity contribution in [1.29, 1.82) is 0 Å². The van der Waals surface area contributed by atoms with Crippen molar-refractivity contribution in [3.05, 3.63) is 18.0 Å². The highest BCUT2D eigenvalue weighted by atomic mass is 15.3. The van der Waals surface area contributed by atoms with E-state index in [2.05, 4.69) is 44.6 Å². The zero-order chi connectivity index (χ0) is 15.5. The molecule has 2 unspecified atom stereocenters. The van der Waals surface area contributed by atoms with Gasteiger partial charge < -0.3 is 5.73 Å². The Bertz CT molecular complexity index is 431. The normalized spacial score (nSPS) is 25.4. The molecule has 1 fully saturated rings. The molecule has 120 valence electrons. The van der Waals surface area contributed by atoms with E-state index in [1.54, 1.807) is 0 Å². The van der Waals surface area contributed by atoms with E-state index in [0.29, 0.717) is 23.3 Å². The molecule has 1 aromatic rings. The zero-order valence-electron chi connectivity index (χ0n) is 14.3. The summed E-state index contributed by atoms with van der Waals surface area (Å²) < 4.78 is 2.17. The minimum Gasteiger partial charge on any atom is -0.330 e. The van der Waals surface area contributed by atoms with E-state index in [1.807, 2.05) is 0 Å². The van der Waals surface area contributed by atoms with Crippen molar-refractivity contribution in [2.24, 2.45) is 23.0 Å². The molecule has 21 heavy (non-hydrogen) atoms. The van der Waals surface area contributed by atoms with Gasteiger partial charge in [-0.25, -0.2) is 0 Å². The van der Waals surface area contributed by atoms with Crippen LogP contribution in [0.1, 0.15) is 71.5 Å². The fourth-order valence-corrected chi connectivity index (χ4v) is 3.96. The molecule has 0 spiro atoms. The minimum absolute atomic E-state index is 0.467. The van der Waals surface area contributed by atoms with Gasteiger partial charge in [-0.05, 0) is 68.4 Å². The van der Waals surface area contributed by atoms with Crippen molar-refractivity contribution in [2.75, 3.05) is 6.54 Å². The first-order valence-electron chi connectivity index (χ1n) is 8.73. The molecule has 0 bridgehead atoms. The van der Waals surface area contributed by atoms with Crippen LogP contribution < -0.4 is 5.73 Å². The van der Waals surface area contributed by atoms with Crippen LogP contribution in [0, 0.1) is 17.3 Å². The van der Waals surface area contributed by atoms with Crippen LogP contribution in [0.4, 0.5) is 0 Å². The van der Waals surface area contributed by atoms with Gasteiger partial charge in [-0.15, -0.1) is 0 Å². The summed E-state index contributed by atoms with van der Waals surface area (Å²) >= 11 is 0. The predicted octanol–water partition coefficient (Wildman–Crippen LogP) is 4.19.